The van der Waals surface area contributed by atoms with Gasteiger partial charge in [0.1, 0.15) is 5.56 Å². The summed E-state index contributed by atoms with van der Waals surface area (Å²) in [6.07, 6.45) is 0.594. The third kappa shape index (κ3) is 2.63. The number of esters is 1. The summed E-state index contributed by atoms with van der Waals surface area (Å²) >= 11 is 0. The summed E-state index contributed by atoms with van der Waals surface area (Å²) in [6.45, 7) is 0. The average molecular weight is 249 g/mol. The number of hydrogen-bond acceptors (Lipinski definition) is 5. The fourth-order valence-corrected chi connectivity index (χ4v) is 1.25. The quantitative estimate of drug-likeness (QED) is 0.149. The van der Waals surface area contributed by atoms with E-state index in [2.05, 4.69) is 9.53 Å². The molecule has 0 radical (unpaired) electrons. The number of carbonyl (C=O) groups excluding carboxylic acids is 2. The summed E-state index contributed by atoms with van der Waals surface area (Å²) in [5, 5.41) is 10.8. The second-order valence-corrected chi connectivity index (χ2v) is 3.09. The maximum atomic E-state index is 11.3. The van der Waals surface area contributed by atoms with E-state index in [1.54, 1.807) is 0 Å². The first-order chi connectivity index (χ1) is 8.51. The standard InChI is InChI=1S/C10H7N3O5/c1-18-10(15)7-3-2-6(9(14)5-12-11)4-8(7)13(16)17/h2-5H,1H3. The molecule has 0 atom stereocenters. The molecular formula is C10H7N3O5. The largest absolute Gasteiger partial charge is 0.465 e. The van der Waals surface area contributed by atoms with Crippen LogP contribution >= 0.6 is 0 Å². The Hall–Kier alpha value is -2.86. The molecule has 0 fully saturated rings. The van der Waals surface area contributed by atoms with Crippen LogP contribution in [0.25, 0.3) is 5.53 Å². The minimum Gasteiger partial charge on any atom is -0.465 e. The number of hydrogen-bond donors (Lipinski definition) is 0. The van der Waals surface area contributed by atoms with Crippen molar-refractivity contribution in [2.45, 2.75) is 0 Å². The Bertz CT molecular complexity index is 575. The average Bonchev–Trinajstić information content (AvgIpc) is 2.37. The highest BCUT2D eigenvalue weighted by Crippen LogP contribution is 2.21. The lowest BCUT2D eigenvalue weighted by Crippen LogP contribution is -2.08. The molecule has 8 heteroatoms. The third-order valence-electron chi connectivity index (χ3n) is 2.06. The third-order valence-corrected chi connectivity index (χ3v) is 2.06. The summed E-state index contributed by atoms with van der Waals surface area (Å²) in [5.41, 5.74) is 7.30. The van der Waals surface area contributed by atoms with Crippen LogP contribution in [0.5, 0.6) is 0 Å². The molecule has 1 rings (SSSR count). The molecule has 1 aromatic carbocycles. The summed E-state index contributed by atoms with van der Waals surface area (Å²) in [4.78, 5) is 35.1. The van der Waals surface area contributed by atoms with E-state index < -0.39 is 22.4 Å². The van der Waals surface area contributed by atoms with Gasteiger partial charge in [0.05, 0.1) is 12.0 Å². The van der Waals surface area contributed by atoms with Crippen LogP contribution in [0.3, 0.4) is 0 Å². The molecule has 1 aromatic rings. The van der Waals surface area contributed by atoms with E-state index in [0.29, 0.717) is 6.21 Å². The molecule has 0 unspecified atom stereocenters. The molecule has 0 bridgehead atoms. The molecule has 0 saturated heterocycles. The number of carbonyl (C=O) groups is 2. The number of Topliss-reactive ketones (excluding diaryl/α,β-unsaturated/α-hetero) is 1. The van der Waals surface area contributed by atoms with E-state index in [4.69, 9.17) is 5.53 Å². The lowest BCUT2D eigenvalue weighted by molar-refractivity contribution is -0.385. The molecule has 8 nitrogen and oxygen atoms in total. The van der Waals surface area contributed by atoms with E-state index in [9.17, 15) is 19.7 Å². The highest BCUT2D eigenvalue weighted by atomic mass is 16.6. The van der Waals surface area contributed by atoms with Crippen LogP contribution in [0.15, 0.2) is 18.2 Å². The highest BCUT2D eigenvalue weighted by molar-refractivity contribution is 6.33. The van der Waals surface area contributed by atoms with Crippen LogP contribution in [0.1, 0.15) is 20.7 Å². The van der Waals surface area contributed by atoms with E-state index >= 15 is 0 Å². The predicted octanol–water partition coefficient (Wildman–Crippen LogP) is 0.865. The van der Waals surface area contributed by atoms with Crippen molar-refractivity contribution in [3.63, 3.8) is 0 Å². The summed E-state index contributed by atoms with van der Waals surface area (Å²) in [5.74, 6) is -1.60. The van der Waals surface area contributed by atoms with Crippen LogP contribution in [0.2, 0.25) is 0 Å². The molecule has 0 spiro atoms. The van der Waals surface area contributed by atoms with Gasteiger partial charge in [-0.25, -0.2) is 4.79 Å². The Morgan fingerprint density at radius 1 is 1.50 bits per heavy atom. The second kappa shape index (κ2) is 5.46. The first-order valence-corrected chi connectivity index (χ1v) is 4.59. The minimum absolute atomic E-state index is 0.0767. The van der Waals surface area contributed by atoms with Crippen molar-refractivity contribution in [2.75, 3.05) is 7.11 Å². The Kier molecular flexibility index (Phi) is 4.01. The minimum atomic E-state index is -0.878. The topological polar surface area (TPSA) is 123 Å². The molecule has 0 aliphatic rings. The van der Waals surface area contributed by atoms with Gasteiger partial charge in [0.2, 0.25) is 0 Å². The van der Waals surface area contributed by atoms with Gasteiger partial charge >= 0.3 is 12.2 Å². The van der Waals surface area contributed by atoms with E-state index in [1.165, 1.54) is 6.07 Å². The van der Waals surface area contributed by atoms with Crippen LogP contribution in [-0.2, 0) is 4.74 Å². The van der Waals surface area contributed by atoms with Crippen LogP contribution in [0, 0.1) is 10.1 Å². The smallest absolute Gasteiger partial charge is 0.344 e. The SMILES string of the molecule is COC(=O)c1ccc(C(=O)C=[N+]=[N-])cc1[N+](=O)[O-]. The van der Waals surface area contributed by atoms with E-state index in [1.807, 2.05) is 0 Å². The highest BCUT2D eigenvalue weighted by Gasteiger charge is 2.23. The number of nitro benzene ring substituents is 1. The van der Waals surface area contributed by atoms with Crippen molar-refractivity contribution in [3.05, 3.63) is 45.0 Å². The lowest BCUT2D eigenvalue weighted by atomic mass is 10.1. The lowest BCUT2D eigenvalue weighted by Gasteiger charge is -2.01. The van der Waals surface area contributed by atoms with Crippen LogP contribution in [0.4, 0.5) is 5.69 Å². The van der Waals surface area contributed by atoms with E-state index in [0.717, 1.165) is 19.2 Å². The molecule has 0 amide bonds. The van der Waals surface area contributed by atoms with Gasteiger partial charge < -0.3 is 10.3 Å². The molecule has 0 aliphatic heterocycles. The van der Waals surface area contributed by atoms with Gasteiger partial charge in [0.25, 0.3) is 11.5 Å². The number of nitrogens with zero attached hydrogens (tertiary/aromatic N) is 3. The molecule has 92 valence electrons. The van der Waals surface area contributed by atoms with Gasteiger partial charge in [0, 0.05) is 11.6 Å². The normalized spacial score (nSPS) is 9.17. The number of methoxy groups -OCH3 is 1. The second-order valence-electron chi connectivity index (χ2n) is 3.09. The molecule has 0 saturated carbocycles. The maximum absolute atomic E-state index is 11.3. The van der Waals surface area contributed by atoms with Crippen molar-refractivity contribution in [3.8, 4) is 0 Å². The van der Waals surface area contributed by atoms with Crippen LogP contribution < -0.4 is 0 Å². The zero-order valence-electron chi connectivity index (χ0n) is 9.19. The molecule has 0 aliphatic carbocycles. The van der Waals surface area contributed by atoms with Gasteiger partial charge in [-0.05, 0) is 12.1 Å². The molecule has 0 heterocycles. The fraction of sp³-hybridized carbons (Fsp3) is 0.100. The zero-order valence-corrected chi connectivity index (χ0v) is 9.19. The molecule has 18 heavy (non-hydrogen) atoms. The van der Waals surface area contributed by atoms with Crippen molar-refractivity contribution in [1.29, 1.82) is 0 Å². The van der Waals surface area contributed by atoms with Gasteiger partial charge in [-0.15, -0.1) is 0 Å². The maximum Gasteiger partial charge on any atom is 0.344 e. The van der Waals surface area contributed by atoms with E-state index in [-0.39, 0.29) is 11.1 Å². The van der Waals surface area contributed by atoms with Gasteiger partial charge in [-0.1, -0.05) is 0 Å². The molecular weight excluding hydrogens is 242 g/mol. The first kappa shape index (κ1) is 13.2. The number of ether oxygens (including phenoxy) is 1. The predicted molar refractivity (Wildman–Crippen MR) is 58.4 cm³/mol. The van der Waals surface area contributed by atoms with Crippen LogP contribution in [-0.4, -0.2) is 34.8 Å². The van der Waals surface area contributed by atoms with Crippen molar-refractivity contribution in [1.82, 2.24) is 0 Å². The Morgan fingerprint density at radius 2 is 2.17 bits per heavy atom. The molecule has 0 N–H and O–H groups in total. The summed E-state index contributed by atoms with van der Waals surface area (Å²) in [6, 6.07) is 3.21. The zero-order chi connectivity index (χ0) is 13.7. The Labute approximate surface area is 101 Å². The Morgan fingerprint density at radius 3 is 2.67 bits per heavy atom. The number of nitro groups is 1. The van der Waals surface area contributed by atoms with Gasteiger partial charge in [0.15, 0.2) is 0 Å². The van der Waals surface area contributed by atoms with Crippen molar-refractivity contribution < 1.29 is 24.0 Å². The summed E-state index contributed by atoms with van der Waals surface area (Å²) in [7, 11) is 1.09. The fourth-order valence-electron chi connectivity index (χ4n) is 1.25. The van der Waals surface area contributed by atoms with Gasteiger partial charge in [-0.3, -0.25) is 14.9 Å². The molecule has 0 aromatic heterocycles. The number of benzene rings is 1. The Balaban J connectivity index is 3.36. The number of ketones is 1. The van der Waals surface area contributed by atoms with Gasteiger partial charge in [-0.2, -0.15) is 4.79 Å². The number of rotatable bonds is 4. The van der Waals surface area contributed by atoms with Crippen molar-refractivity contribution in [2.24, 2.45) is 0 Å². The monoisotopic (exact) mass is 249 g/mol. The summed E-state index contributed by atoms with van der Waals surface area (Å²) < 4.78 is 4.38. The first-order valence-electron chi connectivity index (χ1n) is 4.59. The van der Waals surface area contributed by atoms with Crippen molar-refractivity contribution >= 4 is 23.7 Å².